The fourth-order valence-electron chi connectivity index (χ4n) is 1.95. The van der Waals surface area contributed by atoms with Crippen LogP contribution in [-0.4, -0.2) is 5.91 Å². The number of carbonyl (C=O) groups excluding carboxylic acids is 1. The molecule has 0 heterocycles. The molecule has 2 aromatic carbocycles. The van der Waals surface area contributed by atoms with Crippen molar-refractivity contribution in [3.05, 3.63) is 65.0 Å². The van der Waals surface area contributed by atoms with Crippen LogP contribution in [0.5, 0.6) is 0 Å². The van der Waals surface area contributed by atoms with Gasteiger partial charge in [0.25, 0.3) is 0 Å². The second-order valence-electron chi connectivity index (χ2n) is 4.59. The van der Waals surface area contributed by atoms with E-state index < -0.39 is 29.4 Å². The minimum atomic E-state index is -0.735. The molecule has 0 spiro atoms. The molecule has 0 aliphatic rings. The first kappa shape index (κ1) is 14.9. The van der Waals surface area contributed by atoms with E-state index in [2.05, 4.69) is 5.32 Å². The topological polar surface area (TPSA) is 55.1 Å². The van der Waals surface area contributed by atoms with E-state index >= 15 is 0 Å². The number of carbonyl (C=O) groups is 1. The monoisotopic (exact) mass is 294 g/mol. The highest BCUT2D eigenvalue weighted by Crippen LogP contribution is 2.24. The third-order valence-electron chi connectivity index (χ3n) is 3.05. The summed E-state index contributed by atoms with van der Waals surface area (Å²) >= 11 is 0. The maximum Gasteiger partial charge on any atom is 0.248 e. The molecular weight excluding hydrogens is 281 g/mol. The molecule has 1 unspecified atom stereocenters. The van der Waals surface area contributed by atoms with Crippen LogP contribution in [0.1, 0.15) is 28.9 Å². The summed E-state index contributed by atoms with van der Waals surface area (Å²) in [5.41, 5.74) is 5.45. The van der Waals surface area contributed by atoms with E-state index in [0.717, 1.165) is 18.2 Å². The van der Waals surface area contributed by atoms with Crippen molar-refractivity contribution in [1.82, 2.24) is 0 Å². The summed E-state index contributed by atoms with van der Waals surface area (Å²) in [6.45, 7) is 1.59. The van der Waals surface area contributed by atoms with Gasteiger partial charge in [-0.2, -0.15) is 0 Å². The molecule has 0 aliphatic heterocycles. The van der Waals surface area contributed by atoms with E-state index in [1.54, 1.807) is 6.92 Å². The number of hydrogen-bond donors (Lipinski definition) is 2. The Morgan fingerprint density at radius 2 is 1.81 bits per heavy atom. The van der Waals surface area contributed by atoms with Gasteiger partial charge in [-0.1, -0.05) is 6.07 Å². The van der Waals surface area contributed by atoms with Gasteiger partial charge in [-0.15, -0.1) is 0 Å². The second-order valence-corrected chi connectivity index (χ2v) is 4.59. The van der Waals surface area contributed by atoms with Gasteiger partial charge >= 0.3 is 0 Å². The number of rotatable bonds is 4. The highest BCUT2D eigenvalue weighted by Gasteiger charge is 2.14. The molecule has 2 aromatic rings. The Kier molecular flexibility index (Phi) is 4.16. The third-order valence-corrected chi connectivity index (χ3v) is 3.05. The molecule has 0 aromatic heterocycles. The first-order valence-corrected chi connectivity index (χ1v) is 6.19. The van der Waals surface area contributed by atoms with Crippen molar-refractivity contribution in [1.29, 1.82) is 0 Å². The molecule has 21 heavy (non-hydrogen) atoms. The summed E-state index contributed by atoms with van der Waals surface area (Å²) in [6, 6.07) is 6.12. The van der Waals surface area contributed by atoms with Crippen LogP contribution in [-0.2, 0) is 0 Å². The molecule has 0 bridgehead atoms. The van der Waals surface area contributed by atoms with Gasteiger partial charge in [0.15, 0.2) is 0 Å². The van der Waals surface area contributed by atoms with Gasteiger partial charge in [0.1, 0.15) is 17.5 Å². The first-order chi connectivity index (χ1) is 9.88. The number of benzene rings is 2. The lowest BCUT2D eigenvalue weighted by Crippen LogP contribution is -2.14. The minimum absolute atomic E-state index is 0.0162. The zero-order valence-electron chi connectivity index (χ0n) is 11.2. The van der Waals surface area contributed by atoms with Gasteiger partial charge in [0.2, 0.25) is 5.91 Å². The van der Waals surface area contributed by atoms with E-state index in [4.69, 9.17) is 5.73 Å². The van der Waals surface area contributed by atoms with E-state index in [1.165, 1.54) is 18.2 Å². The summed E-state index contributed by atoms with van der Waals surface area (Å²) in [6.07, 6.45) is 0. The number of anilines is 1. The van der Waals surface area contributed by atoms with Crippen LogP contribution in [0.2, 0.25) is 0 Å². The molecule has 6 heteroatoms. The Balaban J connectivity index is 2.28. The van der Waals surface area contributed by atoms with E-state index in [9.17, 15) is 18.0 Å². The fraction of sp³-hybridized carbons (Fsp3) is 0.133. The molecule has 0 radical (unpaired) electrons. The summed E-state index contributed by atoms with van der Waals surface area (Å²) in [5.74, 6) is -2.72. The lowest BCUT2D eigenvalue weighted by Gasteiger charge is -2.17. The molecular formula is C15H13F3N2O. The van der Waals surface area contributed by atoms with Crippen molar-refractivity contribution in [3.63, 3.8) is 0 Å². The Morgan fingerprint density at radius 1 is 1.10 bits per heavy atom. The quantitative estimate of drug-likeness (QED) is 0.908. The first-order valence-electron chi connectivity index (χ1n) is 6.19. The highest BCUT2D eigenvalue weighted by atomic mass is 19.1. The maximum atomic E-state index is 13.7. The van der Waals surface area contributed by atoms with Gasteiger partial charge in [-0.3, -0.25) is 4.79 Å². The molecule has 3 N–H and O–H groups in total. The van der Waals surface area contributed by atoms with Crippen molar-refractivity contribution < 1.29 is 18.0 Å². The standard InChI is InChI=1S/C15H13F3N2O/c1-8(11-4-3-10(16)7-13(11)18)20-14-6-9(15(19)21)2-5-12(14)17/h2-8,20H,1H3,(H2,19,21). The highest BCUT2D eigenvalue weighted by molar-refractivity contribution is 5.93. The lowest BCUT2D eigenvalue weighted by atomic mass is 10.1. The molecule has 2 rings (SSSR count). The van der Waals surface area contributed by atoms with Crippen molar-refractivity contribution in [2.45, 2.75) is 13.0 Å². The molecule has 0 aliphatic carbocycles. The van der Waals surface area contributed by atoms with Crippen molar-refractivity contribution in [3.8, 4) is 0 Å². The molecule has 1 atom stereocenters. The van der Waals surface area contributed by atoms with Crippen LogP contribution in [0.15, 0.2) is 36.4 Å². The normalized spacial score (nSPS) is 12.0. The predicted molar refractivity (Wildman–Crippen MR) is 73.3 cm³/mol. The molecule has 0 saturated heterocycles. The van der Waals surface area contributed by atoms with Gasteiger partial charge in [0, 0.05) is 17.2 Å². The Bertz CT molecular complexity index is 689. The van der Waals surface area contributed by atoms with Crippen LogP contribution in [0, 0.1) is 17.5 Å². The van der Waals surface area contributed by atoms with Crippen LogP contribution in [0.4, 0.5) is 18.9 Å². The summed E-state index contributed by atoms with van der Waals surface area (Å²) in [7, 11) is 0. The zero-order valence-corrected chi connectivity index (χ0v) is 11.2. The van der Waals surface area contributed by atoms with Gasteiger partial charge in [-0.25, -0.2) is 13.2 Å². The maximum absolute atomic E-state index is 13.7. The Labute approximate surface area is 119 Å². The smallest absolute Gasteiger partial charge is 0.248 e. The molecule has 1 amide bonds. The third kappa shape index (κ3) is 3.34. The summed E-state index contributed by atoms with van der Waals surface area (Å²) in [4.78, 5) is 11.1. The van der Waals surface area contributed by atoms with Gasteiger partial charge in [-0.05, 0) is 31.2 Å². The molecule has 0 saturated carbocycles. The number of nitrogens with one attached hydrogen (secondary N) is 1. The van der Waals surface area contributed by atoms with Crippen molar-refractivity contribution in [2.75, 3.05) is 5.32 Å². The van der Waals surface area contributed by atoms with Gasteiger partial charge in [0.05, 0.1) is 11.7 Å². The zero-order chi connectivity index (χ0) is 15.6. The molecule has 0 fully saturated rings. The predicted octanol–water partition coefficient (Wildman–Crippen LogP) is 3.38. The van der Waals surface area contributed by atoms with Crippen molar-refractivity contribution >= 4 is 11.6 Å². The number of halogens is 3. The van der Waals surface area contributed by atoms with Crippen LogP contribution >= 0.6 is 0 Å². The number of hydrogen-bond acceptors (Lipinski definition) is 2. The second kappa shape index (κ2) is 5.87. The van der Waals surface area contributed by atoms with E-state index in [0.29, 0.717) is 0 Å². The largest absolute Gasteiger partial charge is 0.376 e. The average Bonchev–Trinajstić information content (AvgIpc) is 2.40. The lowest BCUT2D eigenvalue weighted by molar-refractivity contribution is 0.100. The molecule has 110 valence electrons. The van der Waals surface area contributed by atoms with E-state index in [-0.39, 0.29) is 16.8 Å². The Hall–Kier alpha value is -2.50. The van der Waals surface area contributed by atoms with Gasteiger partial charge < -0.3 is 11.1 Å². The fourth-order valence-corrected chi connectivity index (χ4v) is 1.95. The SMILES string of the molecule is CC(Nc1cc(C(N)=O)ccc1F)c1ccc(F)cc1F. The van der Waals surface area contributed by atoms with Crippen molar-refractivity contribution in [2.24, 2.45) is 5.73 Å². The minimum Gasteiger partial charge on any atom is -0.376 e. The average molecular weight is 294 g/mol. The van der Waals surface area contributed by atoms with Crippen LogP contribution < -0.4 is 11.1 Å². The number of nitrogens with two attached hydrogens (primary N) is 1. The number of primary amides is 1. The number of amides is 1. The summed E-state index contributed by atoms with van der Waals surface area (Å²) in [5, 5.41) is 2.74. The van der Waals surface area contributed by atoms with E-state index in [1.807, 2.05) is 0 Å². The van der Waals surface area contributed by atoms with Crippen LogP contribution in [0.3, 0.4) is 0 Å². The molecule has 3 nitrogen and oxygen atoms in total. The Morgan fingerprint density at radius 3 is 2.43 bits per heavy atom. The van der Waals surface area contributed by atoms with Crippen LogP contribution in [0.25, 0.3) is 0 Å². The summed E-state index contributed by atoms with van der Waals surface area (Å²) < 4.78 is 40.2.